The molecule has 0 aromatic heterocycles. The monoisotopic (exact) mass is 362 g/mol. The molecule has 0 aliphatic rings. The van der Waals surface area contributed by atoms with E-state index >= 15 is 0 Å². The lowest BCUT2D eigenvalue weighted by Gasteiger charge is -2.22. The zero-order chi connectivity index (χ0) is 15.5. The van der Waals surface area contributed by atoms with Crippen molar-refractivity contribution in [2.45, 2.75) is 38.1 Å². The summed E-state index contributed by atoms with van der Waals surface area (Å²) in [5.74, 6) is 0.344. The van der Waals surface area contributed by atoms with E-state index in [2.05, 4.69) is 15.9 Å². The SMILES string of the molecule is Cc1ccc(Br)c(S(=O)(=O)N(C)CCC(N)C(C)C)c1. The van der Waals surface area contributed by atoms with Crippen LogP contribution in [-0.4, -0.2) is 32.4 Å². The third-order valence-electron chi connectivity index (χ3n) is 3.41. The van der Waals surface area contributed by atoms with Crippen LogP contribution >= 0.6 is 15.9 Å². The molecule has 0 saturated carbocycles. The molecule has 1 rings (SSSR count). The molecule has 6 heteroatoms. The van der Waals surface area contributed by atoms with Gasteiger partial charge >= 0.3 is 0 Å². The fourth-order valence-electron chi connectivity index (χ4n) is 1.76. The number of hydrogen-bond acceptors (Lipinski definition) is 3. The topological polar surface area (TPSA) is 63.4 Å². The average molecular weight is 363 g/mol. The van der Waals surface area contributed by atoms with E-state index in [1.165, 1.54) is 4.31 Å². The highest BCUT2D eigenvalue weighted by Gasteiger charge is 2.24. The molecule has 0 radical (unpaired) electrons. The largest absolute Gasteiger partial charge is 0.327 e. The standard InChI is InChI=1S/C14H23BrN2O2S/c1-10(2)13(16)7-8-17(4)20(18,19)14-9-11(3)5-6-12(14)15/h5-6,9-10,13H,7-8,16H2,1-4H3. The zero-order valence-electron chi connectivity index (χ0n) is 12.4. The molecule has 0 spiro atoms. The Morgan fingerprint density at radius 1 is 1.35 bits per heavy atom. The maximum absolute atomic E-state index is 12.5. The van der Waals surface area contributed by atoms with Crippen LogP contribution in [0.25, 0.3) is 0 Å². The Bertz CT molecular complexity index is 558. The van der Waals surface area contributed by atoms with Gasteiger partial charge in [0.2, 0.25) is 10.0 Å². The minimum atomic E-state index is -3.48. The summed E-state index contributed by atoms with van der Waals surface area (Å²) in [4.78, 5) is 0.304. The predicted molar refractivity (Wildman–Crippen MR) is 86.1 cm³/mol. The molecule has 4 nitrogen and oxygen atoms in total. The number of rotatable bonds is 6. The lowest BCUT2D eigenvalue weighted by Crippen LogP contribution is -2.34. The van der Waals surface area contributed by atoms with Crippen molar-refractivity contribution in [3.05, 3.63) is 28.2 Å². The molecule has 1 atom stereocenters. The predicted octanol–water partition coefficient (Wildman–Crippen LogP) is 2.75. The lowest BCUT2D eigenvalue weighted by atomic mass is 10.0. The van der Waals surface area contributed by atoms with Gasteiger partial charge in [-0.3, -0.25) is 0 Å². The minimum Gasteiger partial charge on any atom is -0.327 e. The van der Waals surface area contributed by atoms with Crippen LogP contribution in [0.2, 0.25) is 0 Å². The van der Waals surface area contributed by atoms with Gasteiger partial charge < -0.3 is 5.73 Å². The summed E-state index contributed by atoms with van der Waals surface area (Å²) in [7, 11) is -1.89. The highest BCUT2D eigenvalue weighted by Crippen LogP contribution is 2.25. The first-order chi connectivity index (χ1) is 9.16. The smallest absolute Gasteiger partial charge is 0.243 e. The average Bonchev–Trinajstić information content (AvgIpc) is 2.37. The fourth-order valence-corrected chi connectivity index (χ4v) is 3.95. The van der Waals surface area contributed by atoms with Crippen molar-refractivity contribution in [1.82, 2.24) is 4.31 Å². The van der Waals surface area contributed by atoms with Gasteiger partial charge in [0, 0.05) is 24.1 Å². The zero-order valence-corrected chi connectivity index (χ0v) is 14.8. The number of hydrogen-bond donors (Lipinski definition) is 1. The molecule has 0 saturated heterocycles. The van der Waals surface area contributed by atoms with Crippen LogP contribution in [-0.2, 0) is 10.0 Å². The molecule has 1 unspecified atom stereocenters. The maximum atomic E-state index is 12.5. The third kappa shape index (κ3) is 4.28. The lowest BCUT2D eigenvalue weighted by molar-refractivity contribution is 0.397. The van der Waals surface area contributed by atoms with Crippen molar-refractivity contribution in [3.8, 4) is 0 Å². The van der Waals surface area contributed by atoms with Crippen molar-refractivity contribution in [3.63, 3.8) is 0 Å². The van der Waals surface area contributed by atoms with E-state index in [-0.39, 0.29) is 6.04 Å². The summed E-state index contributed by atoms with van der Waals surface area (Å²) in [6, 6.07) is 5.32. The van der Waals surface area contributed by atoms with Gasteiger partial charge in [0.1, 0.15) is 0 Å². The maximum Gasteiger partial charge on any atom is 0.243 e. The molecule has 20 heavy (non-hydrogen) atoms. The molecule has 0 heterocycles. The number of sulfonamides is 1. The molecule has 0 aliphatic heterocycles. The summed E-state index contributed by atoms with van der Waals surface area (Å²) >= 11 is 3.31. The second-order valence-corrected chi connectivity index (χ2v) is 8.32. The molecule has 2 N–H and O–H groups in total. The molecule has 1 aromatic carbocycles. The molecule has 0 fully saturated rings. The van der Waals surface area contributed by atoms with Gasteiger partial charge in [-0.05, 0) is 52.9 Å². The highest BCUT2D eigenvalue weighted by molar-refractivity contribution is 9.10. The first-order valence-corrected chi connectivity index (χ1v) is 8.87. The van der Waals surface area contributed by atoms with Gasteiger partial charge in [0.05, 0.1) is 4.90 Å². The second kappa shape index (κ2) is 7.02. The van der Waals surface area contributed by atoms with Gasteiger partial charge in [-0.1, -0.05) is 19.9 Å². The van der Waals surface area contributed by atoms with Crippen LogP contribution in [0, 0.1) is 12.8 Å². The number of aryl methyl sites for hydroxylation is 1. The molecule has 0 amide bonds. The first kappa shape index (κ1) is 17.6. The number of halogens is 1. The molecule has 1 aromatic rings. The van der Waals surface area contributed by atoms with E-state index in [0.29, 0.717) is 28.3 Å². The van der Waals surface area contributed by atoms with Gasteiger partial charge in [-0.2, -0.15) is 0 Å². The van der Waals surface area contributed by atoms with Gasteiger partial charge in [-0.15, -0.1) is 0 Å². The van der Waals surface area contributed by atoms with Crippen LogP contribution in [0.3, 0.4) is 0 Å². The van der Waals surface area contributed by atoms with Gasteiger partial charge in [-0.25, -0.2) is 12.7 Å². The van der Waals surface area contributed by atoms with Crippen molar-refractivity contribution in [1.29, 1.82) is 0 Å². The molecular weight excluding hydrogens is 340 g/mol. The summed E-state index contributed by atoms with van der Waals surface area (Å²) < 4.78 is 27.0. The summed E-state index contributed by atoms with van der Waals surface area (Å²) in [6.07, 6.45) is 0.650. The Hall–Kier alpha value is -0.430. The van der Waals surface area contributed by atoms with E-state index in [9.17, 15) is 8.42 Å². The second-order valence-electron chi connectivity index (χ2n) is 5.46. The van der Waals surface area contributed by atoms with E-state index in [0.717, 1.165) is 5.56 Å². The van der Waals surface area contributed by atoms with Crippen molar-refractivity contribution < 1.29 is 8.42 Å². The van der Waals surface area contributed by atoms with Crippen LogP contribution in [0.5, 0.6) is 0 Å². The van der Waals surface area contributed by atoms with Crippen molar-refractivity contribution >= 4 is 26.0 Å². The number of benzene rings is 1. The van der Waals surface area contributed by atoms with Crippen LogP contribution in [0.4, 0.5) is 0 Å². The quantitative estimate of drug-likeness (QED) is 0.845. The van der Waals surface area contributed by atoms with Gasteiger partial charge in [0.25, 0.3) is 0 Å². The molecule has 114 valence electrons. The molecular formula is C14H23BrN2O2S. The number of nitrogens with two attached hydrogens (primary N) is 1. The van der Waals surface area contributed by atoms with Crippen LogP contribution in [0.15, 0.2) is 27.6 Å². The Morgan fingerprint density at radius 2 is 1.95 bits per heavy atom. The molecule has 0 aliphatic carbocycles. The van der Waals surface area contributed by atoms with Crippen molar-refractivity contribution in [2.75, 3.05) is 13.6 Å². The minimum absolute atomic E-state index is 0.00796. The number of nitrogens with zero attached hydrogens (tertiary/aromatic N) is 1. The molecule has 0 bridgehead atoms. The normalized spacial score (nSPS) is 14.0. The summed E-state index contributed by atoms with van der Waals surface area (Å²) in [5.41, 5.74) is 6.89. The van der Waals surface area contributed by atoms with Crippen LogP contribution in [0.1, 0.15) is 25.8 Å². The van der Waals surface area contributed by atoms with E-state index in [1.54, 1.807) is 19.2 Å². The summed E-state index contributed by atoms with van der Waals surface area (Å²) in [6.45, 7) is 6.37. The third-order valence-corrected chi connectivity index (χ3v) is 6.26. The fraction of sp³-hybridized carbons (Fsp3) is 0.571. The Labute approximate surface area is 130 Å². The van der Waals surface area contributed by atoms with Crippen molar-refractivity contribution in [2.24, 2.45) is 11.7 Å². The van der Waals surface area contributed by atoms with E-state index in [1.807, 2.05) is 26.8 Å². The Balaban J connectivity index is 2.90. The van der Waals surface area contributed by atoms with E-state index in [4.69, 9.17) is 5.73 Å². The summed E-state index contributed by atoms with van der Waals surface area (Å²) in [5, 5.41) is 0. The first-order valence-electron chi connectivity index (χ1n) is 6.64. The highest BCUT2D eigenvalue weighted by atomic mass is 79.9. The van der Waals surface area contributed by atoms with E-state index < -0.39 is 10.0 Å². The van der Waals surface area contributed by atoms with Crippen LogP contribution < -0.4 is 5.73 Å². The Kier molecular flexibility index (Phi) is 6.19. The Morgan fingerprint density at radius 3 is 2.50 bits per heavy atom. The van der Waals surface area contributed by atoms with Gasteiger partial charge in [0.15, 0.2) is 0 Å².